The van der Waals surface area contributed by atoms with Gasteiger partial charge in [0.05, 0.1) is 16.0 Å². The summed E-state index contributed by atoms with van der Waals surface area (Å²) in [5.74, 6) is 0. The molecule has 0 spiro atoms. The maximum Gasteiger partial charge on any atom is 0.0945 e. The molecule has 0 fully saturated rings. The van der Waals surface area contributed by atoms with Crippen molar-refractivity contribution >= 4 is 27.7 Å². The van der Waals surface area contributed by atoms with Crippen LogP contribution < -0.4 is 5.73 Å². The van der Waals surface area contributed by atoms with Crippen molar-refractivity contribution in [2.75, 3.05) is 0 Å². The van der Waals surface area contributed by atoms with Crippen LogP contribution in [-0.2, 0) is 7.05 Å². The van der Waals surface area contributed by atoms with Gasteiger partial charge in [-0.05, 0) is 31.0 Å². The van der Waals surface area contributed by atoms with Crippen LogP contribution in [0.3, 0.4) is 0 Å². The molecule has 0 radical (unpaired) electrons. The molecule has 1 aromatic heterocycles. The quantitative estimate of drug-likeness (QED) is 0.824. The van der Waals surface area contributed by atoms with Gasteiger partial charge in [0.25, 0.3) is 0 Å². The first-order chi connectivity index (χ1) is 9.52. The number of halogens is 1. The first kappa shape index (κ1) is 15.6. The number of hydrogen-bond acceptors (Lipinski definition) is 3. The Kier molecular flexibility index (Phi) is 5.29. The highest BCUT2D eigenvalue weighted by atomic mass is 79.9. The van der Waals surface area contributed by atoms with E-state index in [9.17, 15) is 0 Å². The zero-order valence-electron chi connectivity index (χ0n) is 12.0. The highest BCUT2D eigenvalue weighted by Gasteiger charge is 2.23. The molecule has 2 unspecified atom stereocenters. The minimum Gasteiger partial charge on any atom is -0.326 e. The lowest BCUT2D eigenvalue weighted by molar-refractivity contribution is 0.627. The number of thioether (sulfide) groups is 1. The number of nitrogens with zero attached hydrogens (tertiary/aromatic N) is 2. The van der Waals surface area contributed by atoms with E-state index in [1.54, 1.807) is 11.8 Å². The fourth-order valence-corrected chi connectivity index (χ4v) is 4.20. The van der Waals surface area contributed by atoms with E-state index in [1.165, 1.54) is 5.56 Å². The SMILES string of the molecule is CCC(N)C(Sc1cc(C)nn1C)c1ccccc1Br. The summed E-state index contributed by atoms with van der Waals surface area (Å²) < 4.78 is 3.03. The molecule has 108 valence electrons. The minimum atomic E-state index is 0.105. The van der Waals surface area contributed by atoms with E-state index in [1.807, 2.05) is 24.7 Å². The molecule has 0 aliphatic heterocycles. The molecule has 0 saturated carbocycles. The van der Waals surface area contributed by atoms with Crippen molar-refractivity contribution in [2.45, 2.75) is 36.6 Å². The fraction of sp³-hybridized carbons (Fsp3) is 0.400. The molecule has 1 heterocycles. The molecule has 2 N–H and O–H groups in total. The number of aromatic nitrogens is 2. The Morgan fingerprint density at radius 2 is 2.10 bits per heavy atom. The summed E-state index contributed by atoms with van der Waals surface area (Å²) in [5, 5.41) is 5.77. The second kappa shape index (κ2) is 6.78. The molecular weight excluding hydrogens is 334 g/mol. The van der Waals surface area contributed by atoms with E-state index in [4.69, 9.17) is 5.73 Å². The summed E-state index contributed by atoms with van der Waals surface area (Å²) >= 11 is 5.42. The maximum absolute atomic E-state index is 6.35. The summed E-state index contributed by atoms with van der Waals surface area (Å²) in [6.07, 6.45) is 0.940. The van der Waals surface area contributed by atoms with Crippen LogP contribution in [-0.4, -0.2) is 15.8 Å². The number of rotatable bonds is 5. The van der Waals surface area contributed by atoms with Gasteiger partial charge in [-0.25, -0.2) is 0 Å². The molecule has 2 rings (SSSR count). The zero-order valence-corrected chi connectivity index (χ0v) is 14.4. The maximum atomic E-state index is 6.35. The van der Waals surface area contributed by atoms with Crippen LogP contribution in [0.5, 0.6) is 0 Å². The Labute approximate surface area is 133 Å². The number of nitrogens with two attached hydrogens (primary N) is 1. The molecule has 0 aliphatic rings. The predicted octanol–water partition coefficient (Wildman–Crippen LogP) is 4.06. The van der Waals surface area contributed by atoms with Crippen molar-refractivity contribution in [3.63, 3.8) is 0 Å². The molecule has 20 heavy (non-hydrogen) atoms. The highest BCUT2D eigenvalue weighted by molar-refractivity contribution is 9.10. The molecule has 2 aromatic rings. The third-order valence-corrected chi connectivity index (χ3v) is 5.48. The smallest absolute Gasteiger partial charge is 0.0945 e. The molecule has 0 saturated heterocycles. The second-order valence-electron chi connectivity index (χ2n) is 4.88. The van der Waals surface area contributed by atoms with Gasteiger partial charge in [-0.1, -0.05) is 52.8 Å². The van der Waals surface area contributed by atoms with Crippen LogP contribution in [0.1, 0.15) is 29.9 Å². The minimum absolute atomic E-state index is 0.105. The van der Waals surface area contributed by atoms with E-state index >= 15 is 0 Å². The third-order valence-electron chi connectivity index (χ3n) is 3.28. The van der Waals surface area contributed by atoms with Crippen molar-refractivity contribution in [1.82, 2.24) is 9.78 Å². The van der Waals surface area contributed by atoms with Gasteiger partial charge in [-0.15, -0.1) is 0 Å². The van der Waals surface area contributed by atoms with Gasteiger partial charge in [0, 0.05) is 17.6 Å². The topological polar surface area (TPSA) is 43.8 Å². The van der Waals surface area contributed by atoms with Crippen LogP contribution in [0, 0.1) is 6.92 Å². The molecule has 5 heteroatoms. The zero-order chi connectivity index (χ0) is 14.7. The largest absolute Gasteiger partial charge is 0.326 e. The van der Waals surface area contributed by atoms with Gasteiger partial charge in [0.2, 0.25) is 0 Å². The lowest BCUT2D eigenvalue weighted by atomic mass is 10.0. The molecule has 1 aromatic carbocycles. The predicted molar refractivity (Wildman–Crippen MR) is 89.0 cm³/mol. The molecule has 0 amide bonds. The van der Waals surface area contributed by atoms with Gasteiger partial charge in [-0.3, -0.25) is 4.68 Å². The first-order valence-electron chi connectivity index (χ1n) is 6.70. The van der Waals surface area contributed by atoms with Crippen LogP contribution in [0.25, 0.3) is 0 Å². The molecular formula is C15H20BrN3S. The second-order valence-corrected chi connectivity index (χ2v) is 6.90. The van der Waals surface area contributed by atoms with Crippen molar-refractivity contribution in [3.8, 4) is 0 Å². The van der Waals surface area contributed by atoms with Gasteiger partial charge in [-0.2, -0.15) is 5.10 Å². The highest BCUT2D eigenvalue weighted by Crippen LogP contribution is 2.40. The van der Waals surface area contributed by atoms with E-state index in [0.29, 0.717) is 0 Å². The Balaban J connectivity index is 2.34. The normalized spacial score (nSPS) is 14.2. The van der Waals surface area contributed by atoms with E-state index in [-0.39, 0.29) is 11.3 Å². The van der Waals surface area contributed by atoms with Gasteiger partial charge >= 0.3 is 0 Å². The van der Waals surface area contributed by atoms with Gasteiger partial charge < -0.3 is 5.73 Å². The monoisotopic (exact) mass is 353 g/mol. The van der Waals surface area contributed by atoms with Gasteiger partial charge in [0.15, 0.2) is 0 Å². The van der Waals surface area contributed by atoms with Crippen LogP contribution in [0.15, 0.2) is 39.8 Å². The first-order valence-corrected chi connectivity index (χ1v) is 8.37. The Morgan fingerprint density at radius 1 is 1.40 bits per heavy atom. The summed E-state index contributed by atoms with van der Waals surface area (Å²) in [5.41, 5.74) is 8.63. The molecule has 0 aliphatic carbocycles. The van der Waals surface area contributed by atoms with Crippen molar-refractivity contribution in [3.05, 3.63) is 46.1 Å². The van der Waals surface area contributed by atoms with Crippen LogP contribution >= 0.6 is 27.7 Å². The lowest BCUT2D eigenvalue weighted by Crippen LogP contribution is -2.26. The summed E-state index contributed by atoms with van der Waals surface area (Å²) in [4.78, 5) is 0. The molecule has 2 atom stereocenters. The Morgan fingerprint density at radius 3 is 2.65 bits per heavy atom. The van der Waals surface area contributed by atoms with E-state index in [0.717, 1.165) is 21.6 Å². The number of aryl methyl sites for hydroxylation is 2. The number of hydrogen-bond donors (Lipinski definition) is 1. The van der Waals surface area contributed by atoms with Crippen LogP contribution in [0.2, 0.25) is 0 Å². The van der Waals surface area contributed by atoms with Gasteiger partial charge in [0.1, 0.15) is 0 Å². The molecule has 0 bridgehead atoms. The fourth-order valence-electron chi connectivity index (χ4n) is 2.13. The standard InChI is InChI=1S/C15H20BrN3S/c1-4-13(17)15(11-7-5-6-8-12(11)16)20-14-9-10(2)18-19(14)3/h5-9,13,15H,4,17H2,1-3H3. The van der Waals surface area contributed by atoms with Crippen molar-refractivity contribution in [2.24, 2.45) is 12.8 Å². The van der Waals surface area contributed by atoms with E-state index in [2.05, 4.69) is 52.2 Å². The average molecular weight is 354 g/mol. The third kappa shape index (κ3) is 3.45. The van der Waals surface area contributed by atoms with Crippen LogP contribution in [0.4, 0.5) is 0 Å². The van der Waals surface area contributed by atoms with Crippen molar-refractivity contribution in [1.29, 1.82) is 0 Å². The number of benzene rings is 1. The summed E-state index contributed by atoms with van der Waals surface area (Å²) in [7, 11) is 1.98. The summed E-state index contributed by atoms with van der Waals surface area (Å²) in [6.45, 7) is 4.14. The Hall–Kier alpha value is -0.780. The Bertz CT molecular complexity index is 582. The van der Waals surface area contributed by atoms with Crippen molar-refractivity contribution < 1.29 is 0 Å². The average Bonchev–Trinajstić information content (AvgIpc) is 2.74. The lowest BCUT2D eigenvalue weighted by Gasteiger charge is -2.23. The summed E-state index contributed by atoms with van der Waals surface area (Å²) in [6, 6.07) is 10.5. The van der Waals surface area contributed by atoms with E-state index < -0.39 is 0 Å². The molecule has 3 nitrogen and oxygen atoms in total.